The van der Waals surface area contributed by atoms with Crippen molar-refractivity contribution in [2.45, 2.75) is 0 Å². The molecule has 5 nitrogen and oxygen atoms in total. The summed E-state index contributed by atoms with van der Waals surface area (Å²) in [5, 5.41) is 19.5. The summed E-state index contributed by atoms with van der Waals surface area (Å²) < 4.78 is 0. The summed E-state index contributed by atoms with van der Waals surface area (Å²) in [6, 6.07) is 5.75. The number of hydrogen-bond acceptors (Lipinski definition) is 3. The highest BCUT2D eigenvalue weighted by molar-refractivity contribution is 6.51. The van der Waals surface area contributed by atoms with Gasteiger partial charge in [-0.15, -0.1) is 6.26 Å². The summed E-state index contributed by atoms with van der Waals surface area (Å²) in [4.78, 5) is 21.4. The number of ketones is 1. The van der Waals surface area contributed by atoms with Crippen molar-refractivity contribution in [3.8, 4) is 0 Å². The van der Waals surface area contributed by atoms with Gasteiger partial charge in [-0.05, 0) is 17.7 Å². The molecule has 0 saturated heterocycles. The Morgan fingerprint density at radius 2 is 1.75 bits per heavy atom. The van der Waals surface area contributed by atoms with Crippen molar-refractivity contribution in [3.05, 3.63) is 41.1 Å². The second-order valence-electron chi connectivity index (χ2n) is 2.67. The van der Waals surface area contributed by atoms with Gasteiger partial charge in [0.1, 0.15) is 0 Å². The van der Waals surface area contributed by atoms with Crippen molar-refractivity contribution in [3.63, 3.8) is 0 Å². The van der Waals surface area contributed by atoms with Crippen molar-refractivity contribution >= 4 is 28.9 Å². The van der Waals surface area contributed by atoms with Crippen molar-refractivity contribution in [2.75, 3.05) is 0 Å². The third kappa shape index (κ3) is 3.08. The molecule has 0 aliphatic heterocycles. The van der Waals surface area contributed by atoms with Crippen molar-refractivity contribution < 1.29 is 19.8 Å². The molecule has 1 aromatic rings. The minimum absolute atomic E-state index is 0. The first kappa shape index (κ1) is 14.2. The lowest BCUT2D eigenvalue weighted by molar-refractivity contribution is -0.273. The normalized spacial score (nSPS) is 10.4. The molecule has 6 heteroatoms. The largest absolute Gasteiger partial charge is 0.877 e. The number of benzene rings is 1. The molecule has 86 valence electrons. The third-order valence-corrected chi connectivity index (χ3v) is 1.96. The Labute approximate surface area is 96.6 Å². The summed E-state index contributed by atoms with van der Waals surface area (Å²) in [5.74, 6) is -2.89. The van der Waals surface area contributed by atoms with Crippen LogP contribution in [0.2, 0.25) is 5.02 Å². The summed E-state index contributed by atoms with van der Waals surface area (Å²) in [6.45, 7) is 0. The number of carbonyl (C=O) groups is 2. The van der Waals surface area contributed by atoms with E-state index in [1.165, 1.54) is 24.3 Å². The molecule has 16 heavy (non-hydrogen) atoms. The molecule has 0 fully saturated rings. The van der Waals surface area contributed by atoms with Crippen LogP contribution in [0.3, 0.4) is 0 Å². The zero-order valence-electron chi connectivity index (χ0n) is 8.44. The molecular weight excluding hydrogens is 234 g/mol. The maximum absolute atomic E-state index is 11.1. The predicted octanol–water partition coefficient (Wildman–Crippen LogP) is 1.07. The lowest BCUT2D eigenvalue weighted by atomic mass is 10.0. The number of Topliss-reactive ketones (excluding diaryl/α,β-unsaturated/α-hetero) is 1. The number of rotatable bonds is 3. The second-order valence-corrected chi connectivity index (χ2v) is 3.11. The van der Waals surface area contributed by atoms with Crippen molar-refractivity contribution in [2.24, 2.45) is 0 Å². The molecule has 0 heterocycles. The van der Waals surface area contributed by atoms with E-state index in [1.54, 1.807) is 0 Å². The van der Waals surface area contributed by atoms with E-state index >= 15 is 0 Å². The molecule has 0 amide bonds. The van der Waals surface area contributed by atoms with Gasteiger partial charge in [-0.1, -0.05) is 23.7 Å². The lowest BCUT2D eigenvalue weighted by Crippen LogP contribution is -2.16. The number of carbonyl (C=O) groups excluding carboxylic acids is 1. The van der Waals surface area contributed by atoms with Crippen LogP contribution < -0.4 is 11.3 Å². The van der Waals surface area contributed by atoms with Gasteiger partial charge in [-0.2, -0.15) is 0 Å². The maximum atomic E-state index is 11.1. The van der Waals surface area contributed by atoms with Gasteiger partial charge >= 0.3 is 5.97 Å². The van der Waals surface area contributed by atoms with Gasteiger partial charge in [-0.25, -0.2) is 4.79 Å². The third-order valence-electron chi connectivity index (χ3n) is 1.71. The minimum Gasteiger partial charge on any atom is -0.877 e. The Kier molecular flexibility index (Phi) is 5.21. The Morgan fingerprint density at radius 1 is 1.25 bits per heavy atom. The minimum atomic E-state index is -1.66. The van der Waals surface area contributed by atoms with Crippen molar-refractivity contribution in [1.29, 1.82) is 0 Å². The van der Waals surface area contributed by atoms with Crippen LogP contribution in [0.15, 0.2) is 30.5 Å². The topological polar surface area (TPSA) is 114 Å². The number of carboxylic acids is 1. The lowest BCUT2D eigenvalue weighted by Gasteiger charge is -2.06. The number of halogens is 1. The maximum Gasteiger partial charge on any atom is 0.377 e. The fourth-order valence-corrected chi connectivity index (χ4v) is 1.12. The second kappa shape index (κ2) is 5.89. The van der Waals surface area contributed by atoms with Gasteiger partial charge in [0, 0.05) is 10.6 Å². The van der Waals surface area contributed by atoms with Gasteiger partial charge in [0.25, 0.3) is 5.78 Å². The Bertz CT molecular complexity index is 425. The first-order valence-corrected chi connectivity index (χ1v) is 4.29. The molecule has 0 aliphatic rings. The molecule has 1 rings (SSSR count). The van der Waals surface area contributed by atoms with E-state index in [0.29, 0.717) is 5.02 Å². The van der Waals surface area contributed by atoms with Crippen LogP contribution in [0.1, 0.15) is 5.56 Å². The SMILES string of the molecule is O=C(O)C(=O)/C(=C\[O-])c1ccc(Cl)cc1.[NH4+]. The van der Waals surface area contributed by atoms with Gasteiger partial charge in [0.05, 0.1) is 0 Å². The first-order valence-electron chi connectivity index (χ1n) is 3.92. The van der Waals surface area contributed by atoms with E-state index in [-0.39, 0.29) is 23.5 Å². The Hall–Kier alpha value is -1.85. The highest BCUT2D eigenvalue weighted by atomic mass is 35.5. The van der Waals surface area contributed by atoms with Gasteiger partial charge in [0.2, 0.25) is 0 Å². The highest BCUT2D eigenvalue weighted by Crippen LogP contribution is 2.17. The molecule has 0 radical (unpaired) electrons. The average Bonchev–Trinajstić information content (AvgIpc) is 2.21. The Balaban J connectivity index is 0.00000225. The molecule has 0 aliphatic carbocycles. The fraction of sp³-hybridized carbons (Fsp3) is 0. The molecule has 0 spiro atoms. The van der Waals surface area contributed by atoms with E-state index in [9.17, 15) is 14.7 Å². The number of carboxylic acid groups (broad SMARTS) is 1. The zero-order valence-corrected chi connectivity index (χ0v) is 9.19. The van der Waals surface area contributed by atoms with Crippen LogP contribution in [0.25, 0.3) is 5.57 Å². The van der Waals surface area contributed by atoms with Crippen LogP contribution in [0.5, 0.6) is 0 Å². The zero-order chi connectivity index (χ0) is 11.4. The summed E-state index contributed by atoms with van der Waals surface area (Å²) >= 11 is 5.60. The van der Waals surface area contributed by atoms with E-state index in [1.807, 2.05) is 0 Å². The Morgan fingerprint density at radius 3 is 2.12 bits per heavy atom. The number of hydrogen-bond donors (Lipinski definition) is 2. The van der Waals surface area contributed by atoms with Crippen LogP contribution in [0, 0.1) is 0 Å². The quantitative estimate of drug-likeness (QED) is 0.469. The van der Waals surface area contributed by atoms with Gasteiger partial charge in [-0.3, -0.25) is 4.79 Å². The smallest absolute Gasteiger partial charge is 0.377 e. The molecule has 0 unspecified atom stereocenters. The first-order chi connectivity index (χ1) is 7.06. The highest BCUT2D eigenvalue weighted by Gasteiger charge is 2.17. The summed E-state index contributed by atoms with van der Waals surface area (Å²) in [6.07, 6.45) is 0.222. The van der Waals surface area contributed by atoms with Crippen molar-refractivity contribution in [1.82, 2.24) is 6.15 Å². The summed E-state index contributed by atoms with van der Waals surface area (Å²) in [7, 11) is 0. The van der Waals surface area contributed by atoms with E-state index in [4.69, 9.17) is 16.7 Å². The van der Waals surface area contributed by atoms with Crippen LogP contribution in [0.4, 0.5) is 0 Å². The number of aliphatic carboxylic acids is 1. The average molecular weight is 244 g/mol. The van der Waals surface area contributed by atoms with E-state index < -0.39 is 11.8 Å². The van der Waals surface area contributed by atoms with Gasteiger partial charge < -0.3 is 16.4 Å². The van der Waals surface area contributed by atoms with Crippen LogP contribution >= 0.6 is 11.6 Å². The molecular formula is C10H10ClNO4. The fourth-order valence-electron chi connectivity index (χ4n) is 0.997. The van der Waals surface area contributed by atoms with Crippen LogP contribution in [-0.4, -0.2) is 16.9 Å². The van der Waals surface area contributed by atoms with Crippen LogP contribution in [-0.2, 0) is 9.59 Å². The molecule has 1 aromatic carbocycles. The molecule has 0 aromatic heterocycles. The molecule has 5 N–H and O–H groups in total. The number of quaternary nitrogens is 1. The van der Waals surface area contributed by atoms with Gasteiger partial charge in [0.15, 0.2) is 0 Å². The summed E-state index contributed by atoms with van der Waals surface area (Å²) in [5.41, 5.74) is -0.152. The molecule has 0 bridgehead atoms. The standard InChI is InChI=1S/C10H7ClO4.H3N/c11-7-3-1-6(2-4-7)8(5-12)9(13)10(14)15;/h1-5,12H,(H,14,15);1H3/b8-5-;. The molecule has 0 atom stereocenters. The van der Waals surface area contributed by atoms with E-state index in [2.05, 4.69) is 0 Å². The molecule has 0 saturated carbocycles. The monoisotopic (exact) mass is 243 g/mol. The predicted molar refractivity (Wildman–Crippen MR) is 58.1 cm³/mol. The van der Waals surface area contributed by atoms with E-state index in [0.717, 1.165) is 0 Å².